The predicted octanol–water partition coefficient (Wildman–Crippen LogP) is 4.32. The van der Waals surface area contributed by atoms with Crippen molar-refractivity contribution in [1.29, 1.82) is 0 Å². The van der Waals surface area contributed by atoms with Gasteiger partial charge in [-0.25, -0.2) is 0 Å². The lowest BCUT2D eigenvalue weighted by atomic mass is 10.1. The zero-order valence-corrected chi connectivity index (χ0v) is 15.1. The topological polar surface area (TPSA) is 79.2 Å². The molecule has 27 heavy (non-hydrogen) atoms. The Morgan fingerprint density at radius 3 is 2.48 bits per heavy atom. The van der Waals surface area contributed by atoms with Crippen LogP contribution in [-0.4, -0.2) is 23.1 Å². The molecule has 2 aromatic carbocycles. The highest BCUT2D eigenvalue weighted by molar-refractivity contribution is 7.80. The van der Waals surface area contributed by atoms with E-state index in [2.05, 4.69) is 16.0 Å². The Morgan fingerprint density at radius 2 is 1.85 bits per heavy atom. The lowest BCUT2D eigenvalue weighted by molar-refractivity contribution is -0.384. The van der Waals surface area contributed by atoms with Crippen molar-refractivity contribution < 1.29 is 18.1 Å². The highest BCUT2D eigenvalue weighted by Crippen LogP contribution is 2.34. The highest BCUT2D eigenvalue weighted by atomic mass is 32.1. The molecule has 0 saturated heterocycles. The number of para-hydroxylation sites is 1. The largest absolute Gasteiger partial charge is 0.416 e. The van der Waals surface area contributed by atoms with Gasteiger partial charge in [-0.2, -0.15) is 13.2 Å². The van der Waals surface area contributed by atoms with Gasteiger partial charge >= 0.3 is 6.18 Å². The van der Waals surface area contributed by atoms with Crippen LogP contribution in [-0.2, 0) is 6.18 Å². The van der Waals surface area contributed by atoms with E-state index in [9.17, 15) is 23.3 Å². The molecule has 10 heteroatoms. The molecule has 0 aliphatic carbocycles. The molecular formula is C17H17F3N4O2S. The number of alkyl halides is 3. The molecule has 6 nitrogen and oxygen atoms in total. The van der Waals surface area contributed by atoms with Crippen molar-refractivity contribution in [3.05, 3.63) is 63.7 Å². The average Bonchev–Trinajstić information content (AvgIpc) is 2.59. The maximum absolute atomic E-state index is 12.7. The van der Waals surface area contributed by atoms with Crippen molar-refractivity contribution in [3.8, 4) is 0 Å². The number of nitrogens with zero attached hydrogens (tertiary/aromatic N) is 1. The van der Waals surface area contributed by atoms with E-state index >= 15 is 0 Å². The van der Waals surface area contributed by atoms with E-state index in [-0.39, 0.29) is 12.2 Å². The summed E-state index contributed by atoms with van der Waals surface area (Å²) in [6.45, 7) is 2.47. The molecule has 0 aromatic heterocycles. The van der Waals surface area contributed by atoms with E-state index in [0.717, 1.165) is 23.4 Å². The van der Waals surface area contributed by atoms with Crippen LogP contribution in [0.5, 0.6) is 0 Å². The number of nitro benzene ring substituents is 1. The number of anilines is 2. The molecule has 0 saturated carbocycles. The summed E-state index contributed by atoms with van der Waals surface area (Å²) in [5.41, 5.74) is 0.168. The number of nitrogens with one attached hydrogen (secondary N) is 3. The summed E-state index contributed by atoms with van der Waals surface area (Å²) < 4.78 is 38.1. The van der Waals surface area contributed by atoms with Crippen molar-refractivity contribution in [3.63, 3.8) is 0 Å². The van der Waals surface area contributed by atoms with Crippen LogP contribution in [0.2, 0.25) is 0 Å². The van der Waals surface area contributed by atoms with Crippen molar-refractivity contribution in [2.45, 2.75) is 13.1 Å². The van der Waals surface area contributed by atoms with E-state index in [4.69, 9.17) is 12.2 Å². The second-order valence-corrected chi connectivity index (χ2v) is 6.02. The Bertz CT molecular complexity index is 843. The van der Waals surface area contributed by atoms with Gasteiger partial charge in [-0.05, 0) is 42.9 Å². The molecule has 0 bridgehead atoms. The number of nitro groups is 1. The fourth-order valence-electron chi connectivity index (χ4n) is 2.26. The third kappa shape index (κ3) is 5.81. The van der Waals surface area contributed by atoms with Crippen molar-refractivity contribution in [2.75, 3.05) is 23.7 Å². The van der Waals surface area contributed by atoms with E-state index in [1.54, 1.807) is 0 Å². The molecule has 0 amide bonds. The number of hydrogen-bond donors (Lipinski definition) is 3. The SMILES string of the molecule is Cc1ccccc1NC(=S)NCCNc1ccc(C(F)(F)F)cc1[N+](=O)[O-]. The molecule has 2 aromatic rings. The first-order valence-electron chi connectivity index (χ1n) is 7.88. The number of rotatable bonds is 6. The number of aryl methyl sites for hydroxylation is 1. The zero-order valence-electron chi connectivity index (χ0n) is 14.3. The van der Waals surface area contributed by atoms with Crippen LogP contribution in [0.4, 0.5) is 30.2 Å². The van der Waals surface area contributed by atoms with Gasteiger partial charge in [-0.15, -0.1) is 0 Å². The number of hydrogen-bond acceptors (Lipinski definition) is 4. The van der Waals surface area contributed by atoms with Crippen LogP contribution in [0.25, 0.3) is 0 Å². The third-order valence-corrected chi connectivity index (χ3v) is 3.89. The quantitative estimate of drug-likeness (QED) is 0.291. The Labute approximate surface area is 158 Å². The summed E-state index contributed by atoms with van der Waals surface area (Å²) in [4.78, 5) is 10.2. The van der Waals surface area contributed by atoms with Crippen LogP contribution in [0.3, 0.4) is 0 Å². The van der Waals surface area contributed by atoms with Gasteiger partial charge in [-0.3, -0.25) is 10.1 Å². The van der Waals surface area contributed by atoms with Crippen LogP contribution in [0, 0.1) is 17.0 Å². The molecule has 144 valence electrons. The maximum Gasteiger partial charge on any atom is 0.416 e. The lowest BCUT2D eigenvalue weighted by Crippen LogP contribution is -2.32. The third-order valence-electron chi connectivity index (χ3n) is 3.64. The number of halogens is 3. The van der Waals surface area contributed by atoms with E-state index in [1.807, 2.05) is 31.2 Å². The lowest BCUT2D eigenvalue weighted by Gasteiger charge is -2.13. The maximum atomic E-state index is 12.7. The molecule has 0 aliphatic heterocycles. The van der Waals surface area contributed by atoms with Crippen LogP contribution in [0.15, 0.2) is 42.5 Å². The summed E-state index contributed by atoms with van der Waals surface area (Å²) in [6.07, 6.45) is -4.64. The van der Waals surface area contributed by atoms with E-state index < -0.39 is 22.4 Å². The smallest absolute Gasteiger partial charge is 0.378 e. The summed E-state index contributed by atoms with van der Waals surface area (Å²) >= 11 is 5.17. The summed E-state index contributed by atoms with van der Waals surface area (Å²) in [5, 5.41) is 20.1. The molecule has 0 radical (unpaired) electrons. The highest BCUT2D eigenvalue weighted by Gasteiger charge is 2.32. The minimum Gasteiger partial charge on any atom is -0.378 e. The van der Waals surface area contributed by atoms with Crippen molar-refractivity contribution in [1.82, 2.24) is 5.32 Å². The van der Waals surface area contributed by atoms with E-state index in [0.29, 0.717) is 17.7 Å². The first-order valence-corrected chi connectivity index (χ1v) is 8.29. The normalized spacial score (nSPS) is 11.0. The molecular weight excluding hydrogens is 381 g/mol. The van der Waals surface area contributed by atoms with Gasteiger partial charge in [-0.1, -0.05) is 18.2 Å². The Balaban J connectivity index is 1.90. The summed E-state index contributed by atoms with van der Waals surface area (Å²) in [6, 6.07) is 9.92. The monoisotopic (exact) mass is 398 g/mol. The molecule has 0 atom stereocenters. The minimum atomic E-state index is -4.64. The predicted molar refractivity (Wildman–Crippen MR) is 102 cm³/mol. The van der Waals surface area contributed by atoms with E-state index in [1.165, 1.54) is 0 Å². The van der Waals surface area contributed by atoms with Gasteiger partial charge in [0.25, 0.3) is 5.69 Å². The summed E-state index contributed by atoms with van der Waals surface area (Å²) in [5.74, 6) is 0. The Hall–Kier alpha value is -2.88. The molecule has 0 heterocycles. The molecule has 0 aliphatic rings. The summed E-state index contributed by atoms with van der Waals surface area (Å²) in [7, 11) is 0. The van der Waals surface area contributed by atoms with Gasteiger partial charge in [0.1, 0.15) is 5.69 Å². The average molecular weight is 398 g/mol. The zero-order chi connectivity index (χ0) is 20.0. The van der Waals surface area contributed by atoms with Crippen LogP contribution < -0.4 is 16.0 Å². The van der Waals surface area contributed by atoms with Gasteiger partial charge in [0.15, 0.2) is 5.11 Å². The number of benzene rings is 2. The molecule has 3 N–H and O–H groups in total. The second kappa shape index (κ2) is 8.67. The molecule has 0 fully saturated rings. The van der Waals surface area contributed by atoms with Gasteiger partial charge in [0.05, 0.1) is 10.5 Å². The fraction of sp³-hybridized carbons (Fsp3) is 0.235. The first-order chi connectivity index (χ1) is 12.7. The van der Waals surface area contributed by atoms with Gasteiger partial charge in [0.2, 0.25) is 0 Å². The fourth-order valence-corrected chi connectivity index (χ4v) is 2.47. The Kier molecular flexibility index (Phi) is 6.56. The molecule has 0 spiro atoms. The van der Waals surface area contributed by atoms with Crippen molar-refractivity contribution >= 4 is 34.4 Å². The second-order valence-electron chi connectivity index (χ2n) is 5.61. The van der Waals surface area contributed by atoms with Crippen LogP contribution >= 0.6 is 12.2 Å². The van der Waals surface area contributed by atoms with Crippen LogP contribution in [0.1, 0.15) is 11.1 Å². The van der Waals surface area contributed by atoms with Crippen molar-refractivity contribution in [2.24, 2.45) is 0 Å². The van der Waals surface area contributed by atoms with Gasteiger partial charge < -0.3 is 16.0 Å². The standard InChI is InChI=1S/C17H17F3N4O2S/c1-11-4-2-3-5-13(11)23-16(27)22-9-8-21-14-7-6-12(17(18,19)20)10-15(14)24(25)26/h2-7,10,21H,8-9H2,1H3,(H2,22,23,27). The Morgan fingerprint density at radius 1 is 1.15 bits per heavy atom. The van der Waals surface area contributed by atoms with Gasteiger partial charge in [0, 0.05) is 24.8 Å². The molecule has 0 unspecified atom stereocenters. The molecule has 2 rings (SSSR count). The number of thiocarbonyl (C=S) groups is 1. The first kappa shape index (κ1) is 20.4. The minimum absolute atomic E-state index is 0.00702.